The summed E-state index contributed by atoms with van der Waals surface area (Å²) in [6, 6.07) is 0. The van der Waals surface area contributed by atoms with Gasteiger partial charge < -0.3 is 9.30 Å². The first-order valence-corrected chi connectivity index (χ1v) is 4.91. The molecule has 19 heavy (non-hydrogen) atoms. The predicted molar refractivity (Wildman–Crippen MR) is 55.5 cm³/mol. The fourth-order valence-corrected chi connectivity index (χ4v) is 1.79. The number of ether oxygens (including phenoxy) is 1. The molecule has 2 rings (SSSR count). The number of benzene rings is 1. The predicted octanol–water partition coefficient (Wildman–Crippen LogP) is 2.24. The number of methoxy groups -OCH3 is 1. The normalized spacial score (nSPS) is 11.1. The number of nitrogens with zero attached hydrogens (tertiary/aromatic N) is 1. The fourth-order valence-electron chi connectivity index (χ4n) is 1.79. The third kappa shape index (κ3) is 1.59. The Labute approximate surface area is 102 Å². The van der Waals surface area contributed by atoms with Crippen molar-refractivity contribution in [3.8, 4) is 5.75 Å². The van der Waals surface area contributed by atoms with E-state index >= 15 is 0 Å². The maximum atomic E-state index is 13.6. The van der Waals surface area contributed by atoms with Crippen LogP contribution in [-0.4, -0.2) is 11.7 Å². The molecule has 8 heteroatoms. The van der Waals surface area contributed by atoms with E-state index in [0.29, 0.717) is 4.57 Å². The highest BCUT2D eigenvalue weighted by atomic mass is 19.2. The molecule has 0 saturated carbocycles. The number of rotatable bonds is 1. The van der Waals surface area contributed by atoms with Crippen molar-refractivity contribution in [2.75, 3.05) is 7.11 Å². The Bertz CT molecular complexity index is 754. The van der Waals surface area contributed by atoms with Gasteiger partial charge in [0.1, 0.15) is 0 Å². The van der Waals surface area contributed by atoms with E-state index < -0.39 is 51.3 Å². The lowest BCUT2D eigenvalue weighted by Crippen LogP contribution is -2.23. The summed E-state index contributed by atoms with van der Waals surface area (Å²) in [6.07, 6.45) is 0. The first kappa shape index (κ1) is 13.3. The second-order valence-corrected chi connectivity index (χ2v) is 3.69. The van der Waals surface area contributed by atoms with Crippen molar-refractivity contribution >= 4 is 10.9 Å². The van der Waals surface area contributed by atoms with Crippen LogP contribution in [0.5, 0.6) is 5.75 Å². The van der Waals surface area contributed by atoms with E-state index in [4.69, 9.17) is 0 Å². The van der Waals surface area contributed by atoms with E-state index in [0.717, 1.165) is 14.2 Å². The Kier molecular flexibility index (Phi) is 2.95. The largest absolute Gasteiger partial charge is 0.493 e. The minimum Gasteiger partial charge on any atom is -0.493 e. The molecule has 0 fully saturated rings. The van der Waals surface area contributed by atoms with E-state index in [9.17, 15) is 26.7 Å². The van der Waals surface area contributed by atoms with Crippen LogP contribution in [0.4, 0.5) is 22.0 Å². The van der Waals surface area contributed by atoms with Gasteiger partial charge in [0.25, 0.3) is 5.56 Å². The highest BCUT2D eigenvalue weighted by molar-refractivity contribution is 5.87. The Balaban J connectivity index is 3.26. The van der Waals surface area contributed by atoms with Crippen molar-refractivity contribution in [1.82, 2.24) is 4.57 Å². The van der Waals surface area contributed by atoms with Crippen LogP contribution in [0.25, 0.3) is 10.9 Å². The monoisotopic (exact) mass is 279 g/mol. The number of halogens is 5. The van der Waals surface area contributed by atoms with Gasteiger partial charge in [-0.15, -0.1) is 0 Å². The van der Waals surface area contributed by atoms with Crippen LogP contribution in [0.3, 0.4) is 0 Å². The van der Waals surface area contributed by atoms with Crippen molar-refractivity contribution in [2.45, 2.75) is 0 Å². The van der Waals surface area contributed by atoms with Crippen LogP contribution in [0.1, 0.15) is 0 Å². The van der Waals surface area contributed by atoms with Gasteiger partial charge in [-0.25, -0.2) is 17.6 Å². The summed E-state index contributed by atoms with van der Waals surface area (Å²) in [5.41, 5.74) is -2.27. The van der Waals surface area contributed by atoms with E-state index in [2.05, 4.69) is 4.74 Å². The topological polar surface area (TPSA) is 31.2 Å². The summed E-state index contributed by atoms with van der Waals surface area (Å²) in [6.45, 7) is 0. The summed E-state index contributed by atoms with van der Waals surface area (Å²) >= 11 is 0. The van der Waals surface area contributed by atoms with Gasteiger partial charge in [-0.3, -0.25) is 4.79 Å². The maximum Gasteiger partial charge on any atom is 0.290 e. The second-order valence-electron chi connectivity index (χ2n) is 3.69. The maximum absolute atomic E-state index is 13.6. The molecule has 3 nitrogen and oxygen atoms in total. The molecule has 0 spiro atoms. The molecule has 1 aromatic carbocycles. The van der Waals surface area contributed by atoms with Crippen molar-refractivity contribution in [1.29, 1.82) is 0 Å². The van der Waals surface area contributed by atoms with Crippen LogP contribution >= 0.6 is 0 Å². The second kappa shape index (κ2) is 4.22. The van der Waals surface area contributed by atoms with Gasteiger partial charge in [0.15, 0.2) is 29.0 Å². The molecule has 0 bridgehead atoms. The lowest BCUT2D eigenvalue weighted by molar-refractivity contribution is 0.378. The Hall–Kier alpha value is -2.12. The third-order valence-electron chi connectivity index (χ3n) is 2.70. The number of hydrogen-bond donors (Lipinski definition) is 0. The molecule has 0 aliphatic rings. The molecular formula is C11H6F5NO2. The SMILES string of the molecule is COc1c(F)c(=O)n(C)c2c(F)c(F)c(F)c(F)c12. The molecule has 0 saturated heterocycles. The Morgan fingerprint density at radius 3 is 1.95 bits per heavy atom. The lowest BCUT2D eigenvalue weighted by atomic mass is 10.1. The number of pyridine rings is 1. The molecule has 0 amide bonds. The molecule has 0 aliphatic carbocycles. The summed E-state index contributed by atoms with van der Waals surface area (Å²) in [5, 5.41) is -0.974. The van der Waals surface area contributed by atoms with Crippen molar-refractivity contribution in [3.05, 3.63) is 39.4 Å². The van der Waals surface area contributed by atoms with E-state index in [-0.39, 0.29) is 0 Å². The summed E-state index contributed by atoms with van der Waals surface area (Å²) < 4.78 is 71.9. The first-order valence-electron chi connectivity index (χ1n) is 4.91. The van der Waals surface area contributed by atoms with Crippen LogP contribution < -0.4 is 10.3 Å². The zero-order valence-corrected chi connectivity index (χ0v) is 9.65. The number of fused-ring (bicyclic) bond motifs is 1. The summed E-state index contributed by atoms with van der Waals surface area (Å²) in [4.78, 5) is 11.4. The summed E-state index contributed by atoms with van der Waals surface area (Å²) in [5.74, 6) is -10.3. The van der Waals surface area contributed by atoms with Crippen LogP contribution in [0.15, 0.2) is 4.79 Å². The molecule has 0 N–H and O–H groups in total. The average Bonchev–Trinajstić information content (AvgIpc) is 2.40. The van der Waals surface area contributed by atoms with Gasteiger partial charge in [0, 0.05) is 7.05 Å². The third-order valence-corrected chi connectivity index (χ3v) is 2.70. The first-order chi connectivity index (χ1) is 8.82. The van der Waals surface area contributed by atoms with Gasteiger partial charge in [-0.05, 0) is 0 Å². The van der Waals surface area contributed by atoms with Gasteiger partial charge in [0.2, 0.25) is 5.82 Å². The number of hydrogen-bond acceptors (Lipinski definition) is 2. The van der Waals surface area contributed by atoms with Gasteiger partial charge in [0.05, 0.1) is 18.0 Å². The molecule has 0 radical (unpaired) electrons. The lowest BCUT2D eigenvalue weighted by Gasteiger charge is -2.12. The van der Waals surface area contributed by atoms with Crippen molar-refractivity contribution in [2.24, 2.45) is 7.05 Å². The molecule has 2 aromatic rings. The minimum atomic E-state index is -2.11. The van der Waals surface area contributed by atoms with Crippen LogP contribution in [0.2, 0.25) is 0 Å². The van der Waals surface area contributed by atoms with Gasteiger partial charge >= 0.3 is 0 Å². The van der Waals surface area contributed by atoms with E-state index in [1.807, 2.05) is 0 Å². The van der Waals surface area contributed by atoms with Gasteiger partial charge in [-0.1, -0.05) is 0 Å². The Morgan fingerprint density at radius 1 is 0.895 bits per heavy atom. The Morgan fingerprint density at radius 2 is 1.42 bits per heavy atom. The molecule has 0 unspecified atom stereocenters. The quantitative estimate of drug-likeness (QED) is 0.455. The number of aryl methyl sites for hydroxylation is 1. The van der Waals surface area contributed by atoms with Crippen molar-refractivity contribution < 1.29 is 26.7 Å². The number of aromatic nitrogens is 1. The zero-order valence-electron chi connectivity index (χ0n) is 9.65. The van der Waals surface area contributed by atoms with Crippen LogP contribution in [-0.2, 0) is 7.05 Å². The molecule has 0 atom stereocenters. The highest BCUT2D eigenvalue weighted by Gasteiger charge is 2.28. The zero-order chi connectivity index (χ0) is 14.5. The fraction of sp³-hybridized carbons (Fsp3) is 0.182. The highest BCUT2D eigenvalue weighted by Crippen LogP contribution is 2.33. The molecule has 0 aliphatic heterocycles. The van der Waals surface area contributed by atoms with Crippen LogP contribution in [0, 0.1) is 29.1 Å². The molecule has 1 aromatic heterocycles. The molecule has 102 valence electrons. The summed E-state index contributed by atoms with van der Waals surface area (Å²) in [7, 11) is 1.78. The van der Waals surface area contributed by atoms with E-state index in [1.165, 1.54) is 0 Å². The minimum absolute atomic E-state index is 0.341. The molecule has 1 heterocycles. The average molecular weight is 279 g/mol. The van der Waals surface area contributed by atoms with E-state index in [1.54, 1.807) is 0 Å². The standard InChI is InChI=1S/C11H6F5NO2/c1-17-9-3(10(19-2)8(16)11(17)18)4(12)5(13)6(14)7(9)15/h1-2H3. The smallest absolute Gasteiger partial charge is 0.290 e. The van der Waals surface area contributed by atoms with Crippen molar-refractivity contribution in [3.63, 3.8) is 0 Å². The molecular weight excluding hydrogens is 273 g/mol. The van der Waals surface area contributed by atoms with Gasteiger partial charge in [-0.2, -0.15) is 4.39 Å².